The fourth-order valence-corrected chi connectivity index (χ4v) is 2.14. The number of rotatable bonds is 8. The van der Waals surface area contributed by atoms with Crippen LogP contribution < -0.4 is 10.1 Å². The average Bonchev–Trinajstić information content (AvgIpc) is 2.65. The van der Waals surface area contributed by atoms with E-state index in [-0.39, 0.29) is 24.3 Å². The van der Waals surface area contributed by atoms with Crippen LogP contribution >= 0.6 is 0 Å². The van der Waals surface area contributed by atoms with E-state index in [0.717, 1.165) is 12.1 Å². The molecule has 6 nitrogen and oxygen atoms in total. The molecular weight excluding hydrogens is 379 g/mol. The zero-order valence-electron chi connectivity index (χ0n) is 14.5. The Morgan fingerprint density at radius 3 is 2.14 bits per heavy atom. The highest BCUT2D eigenvalue weighted by molar-refractivity contribution is 5.97. The molecule has 2 rings (SSSR count). The van der Waals surface area contributed by atoms with E-state index in [9.17, 15) is 27.6 Å². The number of benzene rings is 2. The lowest BCUT2D eigenvalue weighted by molar-refractivity contribution is -0.274. The topological polar surface area (TPSA) is 81.7 Å². The van der Waals surface area contributed by atoms with Crippen molar-refractivity contribution in [3.05, 3.63) is 60.2 Å². The summed E-state index contributed by atoms with van der Waals surface area (Å²) in [5, 5.41) is 2.36. The third-order valence-corrected chi connectivity index (χ3v) is 3.39. The van der Waals surface area contributed by atoms with Crippen LogP contribution in [0.5, 0.6) is 5.75 Å². The highest BCUT2D eigenvalue weighted by Crippen LogP contribution is 2.23. The molecule has 0 aliphatic heterocycles. The number of ether oxygens (including phenoxy) is 2. The molecule has 28 heavy (non-hydrogen) atoms. The SMILES string of the molecule is O=C(COC(=O)CCC(=O)c1ccccc1)Nc1ccc(OC(F)(F)F)cc1. The van der Waals surface area contributed by atoms with Gasteiger partial charge in [0.15, 0.2) is 12.4 Å². The molecule has 1 amide bonds. The summed E-state index contributed by atoms with van der Waals surface area (Å²) in [6.07, 6.45) is -5.03. The summed E-state index contributed by atoms with van der Waals surface area (Å²) < 4.78 is 44.7. The molecule has 0 heterocycles. The van der Waals surface area contributed by atoms with E-state index in [0.29, 0.717) is 5.56 Å². The Morgan fingerprint density at radius 2 is 1.54 bits per heavy atom. The molecule has 0 aromatic heterocycles. The molecule has 0 radical (unpaired) electrons. The summed E-state index contributed by atoms with van der Waals surface area (Å²) >= 11 is 0. The van der Waals surface area contributed by atoms with Crippen LogP contribution in [0.15, 0.2) is 54.6 Å². The van der Waals surface area contributed by atoms with Gasteiger partial charge in [0.25, 0.3) is 5.91 Å². The van der Waals surface area contributed by atoms with Crippen molar-refractivity contribution in [3.63, 3.8) is 0 Å². The lowest BCUT2D eigenvalue weighted by atomic mass is 10.1. The lowest BCUT2D eigenvalue weighted by Crippen LogP contribution is -2.21. The quantitative estimate of drug-likeness (QED) is 0.544. The van der Waals surface area contributed by atoms with Crippen molar-refractivity contribution in [3.8, 4) is 5.75 Å². The van der Waals surface area contributed by atoms with Crippen LogP contribution in [0.4, 0.5) is 18.9 Å². The Kier molecular flexibility index (Phi) is 7.14. The van der Waals surface area contributed by atoms with E-state index in [1.807, 2.05) is 0 Å². The maximum absolute atomic E-state index is 12.1. The second-order valence-corrected chi connectivity index (χ2v) is 5.57. The second-order valence-electron chi connectivity index (χ2n) is 5.57. The molecule has 0 spiro atoms. The molecule has 2 aromatic rings. The Bertz CT molecular complexity index is 820. The molecule has 0 bridgehead atoms. The molecule has 0 aliphatic rings. The molecule has 9 heteroatoms. The largest absolute Gasteiger partial charge is 0.573 e. The van der Waals surface area contributed by atoms with E-state index < -0.39 is 30.6 Å². The molecule has 0 saturated heterocycles. The van der Waals surface area contributed by atoms with Crippen LogP contribution in [0.1, 0.15) is 23.2 Å². The van der Waals surface area contributed by atoms with Crippen LogP contribution in [0.2, 0.25) is 0 Å². The minimum atomic E-state index is -4.80. The molecule has 0 aliphatic carbocycles. The highest BCUT2D eigenvalue weighted by atomic mass is 19.4. The van der Waals surface area contributed by atoms with Crippen molar-refractivity contribution in [2.24, 2.45) is 0 Å². The summed E-state index contributed by atoms with van der Waals surface area (Å²) in [5.41, 5.74) is 0.681. The van der Waals surface area contributed by atoms with E-state index in [4.69, 9.17) is 4.74 Å². The van der Waals surface area contributed by atoms with Crippen LogP contribution in [0.25, 0.3) is 0 Å². The van der Waals surface area contributed by atoms with Gasteiger partial charge in [-0.1, -0.05) is 30.3 Å². The van der Waals surface area contributed by atoms with Crippen molar-refractivity contribution in [1.82, 2.24) is 0 Å². The van der Waals surface area contributed by atoms with Gasteiger partial charge in [-0.05, 0) is 24.3 Å². The van der Waals surface area contributed by atoms with E-state index in [1.54, 1.807) is 30.3 Å². The number of carbonyl (C=O) groups excluding carboxylic acids is 3. The van der Waals surface area contributed by atoms with Gasteiger partial charge in [-0.25, -0.2) is 0 Å². The Labute approximate surface area is 158 Å². The van der Waals surface area contributed by atoms with Crippen LogP contribution in [0, 0.1) is 0 Å². The fraction of sp³-hybridized carbons (Fsp3) is 0.211. The molecule has 1 N–H and O–H groups in total. The number of halogens is 3. The molecule has 0 unspecified atom stereocenters. The van der Waals surface area contributed by atoms with Crippen molar-refractivity contribution >= 4 is 23.3 Å². The zero-order valence-corrected chi connectivity index (χ0v) is 14.5. The number of amides is 1. The highest BCUT2D eigenvalue weighted by Gasteiger charge is 2.30. The predicted molar refractivity (Wildman–Crippen MR) is 92.7 cm³/mol. The van der Waals surface area contributed by atoms with Gasteiger partial charge in [0.1, 0.15) is 5.75 Å². The van der Waals surface area contributed by atoms with Gasteiger partial charge in [0.05, 0.1) is 6.42 Å². The summed E-state index contributed by atoms with van der Waals surface area (Å²) in [6.45, 7) is -0.584. The first-order valence-corrected chi connectivity index (χ1v) is 8.12. The van der Waals surface area contributed by atoms with Crippen molar-refractivity contribution in [1.29, 1.82) is 0 Å². The first-order chi connectivity index (χ1) is 13.2. The predicted octanol–water partition coefficient (Wildman–Crippen LogP) is 3.73. The van der Waals surface area contributed by atoms with Gasteiger partial charge in [-0.2, -0.15) is 0 Å². The molecule has 148 valence electrons. The first-order valence-electron chi connectivity index (χ1n) is 8.12. The second kappa shape index (κ2) is 9.54. The van der Waals surface area contributed by atoms with Gasteiger partial charge in [0.2, 0.25) is 0 Å². The normalized spacial score (nSPS) is 10.8. The van der Waals surface area contributed by atoms with Crippen LogP contribution in [-0.4, -0.2) is 30.6 Å². The van der Waals surface area contributed by atoms with Crippen molar-refractivity contribution in [2.45, 2.75) is 19.2 Å². The molecular formula is C19H16F3NO5. The smallest absolute Gasteiger partial charge is 0.456 e. The maximum atomic E-state index is 12.1. The van der Waals surface area contributed by atoms with Crippen LogP contribution in [0.3, 0.4) is 0 Å². The standard InChI is InChI=1S/C19H16F3NO5/c20-19(21,22)28-15-8-6-14(7-9-15)23-17(25)12-27-18(26)11-10-16(24)13-4-2-1-3-5-13/h1-9H,10-12H2,(H,23,25). The Hall–Kier alpha value is -3.36. The summed E-state index contributed by atoms with van der Waals surface area (Å²) in [5.74, 6) is -2.04. The Balaban J connectivity index is 1.71. The maximum Gasteiger partial charge on any atom is 0.573 e. The Morgan fingerprint density at radius 1 is 0.893 bits per heavy atom. The monoisotopic (exact) mass is 395 g/mol. The van der Waals surface area contributed by atoms with Gasteiger partial charge >= 0.3 is 12.3 Å². The van der Waals surface area contributed by atoms with E-state index in [2.05, 4.69) is 10.1 Å². The minimum absolute atomic E-state index is 0.0505. The van der Waals surface area contributed by atoms with Gasteiger partial charge in [-0.15, -0.1) is 13.2 Å². The number of alkyl halides is 3. The van der Waals surface area contributed by atoms with E-state index in [1.165, 1.54) is 12.1 Å². The summed E-state index contributed by atoms with van der Waals surface area (Å²) in [7, 11) is 0. The summed E-state index contributed by atoms with van der Waals surface area (Å²) in [4.78, 5) is 35.2. The lowest BCUT2D eigenvalue weighted by Gasteiger charge is -2.10. The molecule has 2 aromatic carbocycles. The third-order valence-electron chi connectivity index (χ3n) is 3.39. The number of nitrogens with one attached hydrogen (secondary N) is 1. The number of esters is 1. The van der Waals surface area contributed by atoms with Gasteiger partial charge in [0, 0.05) is 17.7 Å². The molecule has 0 fully saturated rings. The van der Waals surface area contributed by atoms with Crippen molar-refractivity contribution in [2.75, 3.05) is 11.9 Å². The number of hydrogen-bond donors (Lipinski definition) is 1. The molecule has 0 atom stereocenters. The zero-order chi connectivity index (χ0) is 20.6. The first kappa shape index (κ1) is 20.9. The number of anilines is 1. The third kappa shape index (κ3) is 7.48. The minimum Gasteiger partial charge on any atom is -0.456 e. The van der Waals surface area contributed by atoms with Gasteiger partial charge < -0.3 is 14.8 Å². The average molecular weight is 395 g/mol. The number of Topliss-reactive ketones (excluding diaryl/α,β-unsaturated/α-hetero) is 1. The number of carbonyl (C=O) groups is 3. The fourth-order valence-electron chi connectivity index (χ4n) is 2.14. The van der Waals surface area contributed by atoms with Crippen LogP contribution in [-0.2, 0) is 14.3 Å². The number of ketones is 1. The van der Waals surface area contributed by atoms with E-state index >= 15 is 0 Å². The molecule has 0 saturated carbocycles. The van der Waals surface area contributed by atoms with Crippen molar-refractivity contribution < 1.29 is 37.0 Å². The summed E-state index contributed by atoms with van der Waals surface area (Å²) in [6, 6.07) is 12.9. The number of hydrogen-bond acceptors (Lipinski definition) is 5. The van der Waals surface area contributed by atoms with Gasteiger partial charge in [-0.3, -0.25) is 14.4 Å².